The van der Waals surface area contributed by atoms with Gasteiger partial charge in [-0.25, -0.2) is 15.4 Å². The lowest BCUT2D eigenvalue weighted by Gasteiger charge is -2.14. The summed E-state index contributed by atoms with van der Waals surface area (Å²) in [6.07, 6.45) is 5.72. The van der Waals surface area contributed by atoms with E-state index in [9.17, 15) is 4.79 Å². The summed E-state index contributed by atoms with van der Waals surface area (Å²) in [7, 11) is 0. The standard InChI is InChI=1S/C9H10N4OS/c1-15-9-10-3-2-7(12-9)6-4-8(14)13-11-5-6/h2-3,5-6H,4H2,1H3,(H,13,14). The van der Waals surface area contributed by atoms with E-state index in [0.29, 0.717) is 11.6 Å². The third-order valence-corrected chi connectivity index (χ3v) is 2.63. The summed E-state index contributed by atoms with van der Waals surface area (Å²) in [4.78, 5) is 19.5. The number of carbonyl (C=O) groups excluding carboxylic acids is 1. The van der Waals surface area contributed by atoms with Gasteiger partial charge in [-0.05, 0) is 12.3 Å². The number of thioether (sulfide) groups is 1. The monoisotopic (exact) mass is 222 g/mol. The summed E-state index contributed by atoms with van der Waals surface area (Å²) >= 11 is 1.48. The van der Waals surface area contributed by atoms with Crippen LogP contribution in [0.2, 0.25) is 0 Å². The van der Waals surface area contributed by atoms with E-state index in [1.807, 2.05) is 12.3 Å². The molecule has 0 aliphatic carbocycles. The predicted octanol–water partition coefficient (Wildman–Crippen LogP) is 0.788. The normalized spacial score (nSPS) is 20.1. The molecule has 1 aromatic rings. The van der Waals surface area contributed by atoms with Gasteiger partial charge in [-0.15, -0.1) is 0 Å². The van der Waals surface area contributed by atoms with Crippen molar-refractivity contribution in [1.82, 2.24) is 15.4 Å². The Morgan fingerprint density at radius 1 is 1.60 bits per heavy atom. The second-order valence-corrected chi connectivity index (χ2v) is 3.87. The van der Waals surface area contributed by atoms with E-state index in [1.165, 1.54) is 11.8 Å². The summed E-state index contributed by atoms with van der Waals surface area (Å²) in [6, 6.07) is 1.81. The fourth-order valence-corrected chi connectivity index (χ4v) is 1.70. The molecule has 0 fully saturated rings. The molecule has 1 aliphatic rings. The molecule has 1 N–H and O–H groups in total. The summed E-state index contributed by atoms with van der Waals surface area (Å²) < 4.78 is 0. The van der Waals surface area contributed by atoms with Gasteiger partial charge in [-0.2, -0.15) is 5.10 Å². The van der Waals surface area contributed by atoms with Crippen molar-refractivity contribution in [3.8, 4) is 0 Å². The van der Waals surface area contributed by atoms with E-state index in [-0.39, 0.29) is 11.8 Å². The zero-order chi connectivity index (χ0) is 10.7. The highest BCUT2D eigenvalue weighted by atomic mass is 32.2. The van der Waals surface area contributed by atoms with Crippen molar-refractivity contribution in [2.75, 3.05) is 6.26 Å². The predicted molar refractivity (Wildman–Crippen MR) is 57.8 cm³/mol. The molecule has 0 bridgehead atoms. The van der Waals surface area contributed by atoms with Gasteiger partial charge >= 0.3 is 0 Å². The molecule has 1 atom stereocenters. The first kappa shape index (κ1) is 10.1. The van der Waals surface area contributed by atoms with Gasteiger partial charge in [0.25, 0.3) is 0 Å². The molecular weight excluding hydrogens is 212 g/mol. The number of hydrogen-bond donors (Lipinski definition) is 1. The fraction of sp³-hybridized carbons (Fsp3) is 0.333. The van der Waals surface area contributed by atoms with Crippen LogP contribution >= 0.6 is 11.8 Å². The Kier molecular flexibility index (Phi) is 2.96. The number of nitrogens with one attached hydrogen (secondary N) is 1. The first-order valence-corrected chi connectivity index (χ1v) is 5.71. The second kappa shape index (κ2) is 4.39. The Morgan fingerprint density at radius 2 is 2.47 bits per heavy atom. The third-order valence-electron chi connectivity index (χ3n) is 2.07. The highest BCUT2D eigenvalue weighted by molar-refractivity contribution is 7.98. The van der Waals surface area contributed by atoms with Crippen LogP contribution in [-0.2, 0) is 4.79 Å². The summed E-state index contributed by atoms with van der Waals surface area (Å²) in [6.45, 7) is 0. The Morgan fingerprint density at radius 3 is 3.20 bits per heavy atom. The van der Waals surface area contributed by atoms with Gasteiger partial charge in [-0.3, -0.25) is 4.79 Å². The highest BCUT2D eigenvalue weighted by Crippen LogP contribution is 2.19. The molecule has 2 rings (SSSR count). The molecular formula is C9H10N4OS. The fourth-order valence-electron chi connectivity index (χ4n) is 1.34. The van der Waals surface area contributed by atoms with Crippen molar-refractivity contribution >= 4 is 23.9 Å². The van der Waals surface area contributed by atoms with Crippen LogP contribution in [0.4, 0.5) is 0 Å². The average molecular weight is 222 g/mol. The third kappa shape index (κ3) is 2.33. The van der Waals surface area contributed by atoms with Crippen LogP contribution < -0.4 is 5.43 Å². The molecule has 2 heterocycles. The number of aromatic nitrogens is 2. The highest BCUT2D eigenvalue weighted by Gasteiger charge is 2.19. The Hall–Kier alpha value is -1.43. The molecule has 6 heteroatoms. The minimum absolute atomic E-state index is 0.0346. The number of carbonyl (C=O) groups is 1. The van der Waals surface area contributed by atoms with Crippen molar-refractivity contribution in [3.05, 3.63) is 18.0 Å². The van der Waals surface area contributed by atoms with Gasteiger partial charge in [0, 0.05) is 24.8 Å². The van der Waals surface area contributed by atoms with E-state index >= 15 is 0 Å². The SMILES string of the molecule is CSc1nccc(C2C=NNC(=O)C2)n1. The maximum Gasteiger partial charge on any atom is 0.241 e. The lowest BCUT2D eigenvalue weighted by Crippen LogP contribution is -2.26. The Labute approximate surface area is 91.4 Å². The van der Waals surface area contributed by atoms with Crippen LogP contribution in [0.1, 0.15) is 18.0 Å². The van der Waals surface area contributed by atoms with Crippen molar-refractivity contribution < 1.29 is 4.79 Å². The molecule has 1 aromatic heterocycles. The number of rotatable bonds is 2. The van der Waals surface area contributed by atoms with Gasteiger partial charge in [0.05, 0.1) is 5.69 Å². The van der Waals surface area contributed by atoms with Gasteiger partial charge in [-0.1, -0.05) is 11.8 Å². The van der Waals surface area contributed by atoms with E-state index in [0.717, 1.165) is 5.69 Å². The van der Waals surface area contributed by atoms with Gasteiger partial charge in [0.2, 0.25) is 5.91 Å². The molecule has 15 heavy (non-hydrogen) atoms. The second-order valence-electron chi connectivity index (χ2n) is 3.09. The van der Waals surface area contributed by atoms with Crippen molar-refractivity contribution in [1.29, 1.82) is 0 Å². The van der Waals surface area contributed by atoms with Crippen LogP contribution in [0.3, 0.4) is 0 Å². The molecule has 78 valence electrons. The van der Waals surface area contributed by atoms with Gasteiger partial charge < -0.3 is 0 Å². The lowest BCUT2D eigenvalue weighted by atomic mass is 10.0. The summed E-state index contributed by atoms with van der Waals surface area (Å²) in [5, 5.41) is 4.49. The van der Waals surface area contributed by atoms with Crippen LogP contribution in [0.25, 0.3) is 0 Å². The summed E-state index contributed by atoms with van der Waals surface area (Å²) in [5.41, 5.74) is 3.23. The van der Waals surface area contributed by atoms with Crippen LogP contribution in [-0.4, -0.2) is 28.3 Å². The van der Waals surface area contributed by atoms with Crippen molar-refractivity contribution in [2.24, 2.45) is 5.10 Å². The first-order chi connectivity index (χ1) is 7.29. The minimum Gasteiger partial charge on any atom is -0.273 e. The Bertz CT molecular complexity index is 407. The zero-order valence-corrected chi connectivity index (χ0v) is 8.99. The average Bonchev–Trinajstić information content (AvgIpc) is 2.29. The van der Waals surface area contributed by atoms with Crippen LogP contribution in [0.15, 0.2) is 22.5 Å². The molecule has 5 nitrogen and oxygen atoms in total. The van der Waals surface area contributed by atoms with E-state index in [2.05, 4.69) is 20.5 Å². The molecule has 0 spiro atoms. The molecule has 0 radical (unpaired) electrons. The quantitative estimate of drug-likeness (QED) is 0.593. The van der Waals surface area contributed by atoms with Crippen molar-refractivity contribution in [2.45, 2.75) is 17.5 Å². The number of amides is 1. The van der Waals surface area contributed by atoms with E-state index in [1.54, 1.807) is 12.4 Å². The Balaban J connectivity index is 2.24. The number of hydrogen-bond acceptors (Lipinski definition) is 5. The minimum atomic E-state index is -0.0770. The first-order valence-electron chi connectivity index (χ1n) is 4.48. The molecule has 1 aliphatic heterocycles. The van der Waals surface area contributed by atoms with E-state index < -0.39 is 0 Å². The zero-order valence-electron chi connectivity index (χ0n) is 8.17. The molecule has 0 aromatic carbocycles. The number of hydrazone groups is 1. The van der Waals surface area contributed by atoms with Gasteiger partial charge in [0.15, 0.2) is 5.16 Å². The smallest absolute Gasteiger partial charge is 0.241 e. The molecule has 1 amide bonds. The lowest BCUT2D eigenvalue weighted by molar-refractivity contribution is -0.121. The topological polar surface area (TPSA) is 67.2 Å². The van der Waals surface area contributed by atoms with E-state index in [4.69, 9.17) is 0 Å². The molecule has 1 unspecified atom stereocenters. The van der Waals surface area contributed by atoms with Crippen molar-refractivity contribution in [3.63, 3.8) is 0 Å². The maximum absolute atomic E-state index is 11.1. The molecule has 0 saturated heterocycles. The largest absolute Gasteiger partial charge is 0.273 e. The van der Waals surface area contributed by atoms with Crippen LogP contribution in [0, 0.1) is 0 Å². The van der Waals surface area contributed by atoms with Gasteiger partial charge in [0.1, 0.15) is 0 Å². The summed E-state index contributed by atoms with van der Waals surface area (Å²) in [5.74, 6) is -0.112. The number of nitrogens with zero attached hydrogens (tertiary/aromatic N) is 3. The van der Waals surface area contributed by atoms with Crippen LogP contribution in [0.5, 0.6) is 0 Å². The molecule has 0 saturated carbocycles. The maximum atomic E-state index is 11.1.